The van der Waals surface area contributed by atoms with Crippen molar-refractivity contribution in [3.05, 3.63) is 77.8 Å². The first-order valence-electron chi connectivity index (χ1n) is 11.9. The maximum Gasteiger partial charge on any atom is 0.404 e. The lowest BCUT2D eigenvalue weighted by atomic mass is 9.86. The molecule has 7 nitrogen and oxygen atoms in total. The molecular formula is C27H34F2N4O3. The number of halogens is 2. The van der Waals surface area contributed by atoms with Crippen molar-refractivity contribution < 1.29 is 23.4 Å². The van der Waals surface area contributed by atoms with Crippen molar-refractivity contribution in [3.63, 3.8) is 0 Å². The molecule has 194 valence electrons. The molecule has 0 saturated carbocycles. The van der Waals surface area contributed by atoms with E-state index in [1.165, 1.54) is 7.11 Å². The Bertz CT molecular complexity index is 1150. The molecule has 2 aromatic carbocycles. The molecular weight excluding hydrogens is 466 g/mol. The Morgan fingerprint density at radius 1 is 1.17 bits per heavy atom. The van der Waals surface area contributed by atoms with Crippen molar-refractivity contribution in [3.8, 4) is 11.3 Å². The van der Waals surface area contributed by atoms with Crippen LogP contribution in [0.15, 0.2) is 54.7 Å². The number of hydrogen-bond acceptors (Lipinski definition) is 4. The third kappa shape index (κ3) is 7.35. The highest BCUT2D eigenvalue weighted by Crippen LogP contribution is 2.35. The van der Waals surface area contributed by atoms with Gasteiger partial charge in [-0.25, -0.2) is 18.6 Å². The molecule has 36 heavy (non-hydrogen) atoms. The summed E-state index contributed by atoms with van der Waals surface area (Å²) in [5.41, 5.74) is 1.19. The quantitative estimate of drug-likeness (QED) is 0.336. The largest absolute Gasteiger partial charge is 0.465 e. The van der Waals surface area contributed by atoms with Crippen molar-refractivity contribution in [2.75, 3.05) is 20.3 Å². The van der Waals surface area contributed by atoms with Gasteiger partial charge in [0, 0.05) is 25.4 Å². The molecule has 2 atom stereocenters. The SMILES string of the molecule is COCC(CCN[C@@H](c1nc(-c2cc(F)ccc2F)cn1Cc1ccccc1)C(C)(C)C)NC(=O)O. The summed E-state index contributed by atoms with van der Waals surface area (Å²) in [6.07, 6.45) is 1.14. The van der Waals surface area contributed by atoms with E-state index in [2.05, 4.69) is 31.4 Å². The Balaban J connectivity index is 1.96. The number of imidazole rings is 1. The summed E-state index contributed by atoms with van der Waals surface area (Å²) in [6, 6.07) is 12.5. The van der Waals surface area contributed by atoms with Gasteiger partial charge in [-0.2, -0.15) is 0 Å². The van der Waals surface area contributed by atoms with Gasteiger partial charge in [-0.1, -0.05) is 51.1 Å². The molecule has 3 rings (SSSR count). The summed E-state index contributed by atoms with van der Waals surface area (Å²) in [4.78, 5) is 15.9. The van der Waals surface area contributed by atoms with Crippen molar-refractivity contribution in [2.45, 2.75) is 45.8 Å². The molecule has 0 spiro atoms. The van der Waals surface area contributed by atoms with Gasteiger partial charge in [0.15, 0.2) is 0 Å². The van der Waals surface area contributed by atoms with Crippen LogP contribution in [-0.4, -0.2) is 47.1 Å². The summed E-state index contributed by atoms with van der Waals surface area (Å²) in [5, 5.41) is 15.1. The van der Waals surface area contributed by atoms with E-state index in [0.29, 0.717) is 31.0 Å². The Kier molecular flexibility index (Phi) is 9.17. The van der Waals surface area contributed by atoms with Gasteiger partial charge in [0.1, 0.15) is 17.5 Å². The number of aromatic nitrogens is 2. The zero-order chi connectivity index (χ0) is 26.3. The van der Waals surface area contributed by atoms with Crippen LogP contribution in [0.3, 0.4) is 0 Å². The molecule has 3 aromatic rings. The first kappa shape index (κ1) is 27.3. The molecule has 1 amide bonds. The van der Waals surface area contributed by atoms with Crippen LogP contribution >= 0.6 is 0 Å². The molecule has 0 bridgehead atoms. The van der Waals surface area contributed by atoms with Crippen LogP contribution in [0.4, 0.5) is 13.6 Å². The minimum absolute atomic E-state index is 0.0986. The Morgan fingerprint density at radius 3 is 2.53 bits per heavy atom. The number of carbonyl (C=O) groups is 1. The predicted molar refractivity (Wildman–Crippen MR) is 135 cm³/mol. The first-order chi connectivity index (χ1) is 17.1. The maximum absolute atomic E-state index is 14.6. The van der Waals surface area contributed by atoms with E-state index in [9.17, 15) is 13.6 Å². The van der Waals surface area contributed by atoms with Crippen LogP contribution in [0.5, 0.6) is 0 Å². The molecule has 0 radical (unpaired) electrons. The normalized spacial score (nSPS) is 13.4. The topological polar surface area (TPSA) is 88.4 Å². The van der Waals surface area contributed by atoms with E-state index < -0.39 is 17.7 Å². The van der Waals surface area contributed by atoms with Crippen LogP contribution in [-0.2, 0) is 11.3 Å². The van der Waals surface area contributed by atoms with Gasteiger partial charge >= 0.3 is 6.09 Å². The van der Waals surface area contributed by atoms with E-state index in [0.717, 1.165) is 23.8 Å². The average Bonchev–Trinajstić information content (AvgIpc) is 3.20. The fourth-order valence-corrected chi connectivity index (χ4v) is 4.15. The highest BCUT2D eigenvalue weighted by molar-refractivity contribution is 5.64. The van der Waals surface area contributed by atoms with E-state index in [1.807, 2.05) is 34.9 Å². The molecule has 1 aromatic heterocycles. The number of amides is 1. The van der Waals surface area contributed by atoms with Crippen LogP contribution in [0.25, 0.3) is 11.3 Å². The number of carboxylic acid groups (broad SMARTS) is 1. The standard InChI is InChI=1S/C27H34F2N4O3/c1-27(2,3)24(30-13-12-20(17-36-4)31-26(34)35)25-32-23(21-14-19(28)10-11-22(21)29)16-33(25)15-18-8-6-5-7-9-18/h5-11,14,16,20,24,30-31H,12-13,15,17H2,1-4H3,(H,34,35)/t20?,24-/m0/s1. The van der Waals surface area contributed by atoms with Crippen LogP contribution in [0, 0.1) is 17.0 Å². The van der Waals surface area contributed by atoms with Gasteiger partial charge in [-0.3, -0.25) is 0 Å². The smallest absolute Gasteiger partial charge is 0.404 e. The highest BCUT2D eigenvalue weighted by atomic mass is 19.1. The second kappa shape index (κ2) is 12.1. The van der Waals surface area contributed by atoms with Gasteiger partial charge in [0.25, 0.3) is 0 Å². The lowest BCUT2D eigenvalue weighted by Gasteiger charge is -2.32. The zero-order valence-corrected chi connectivity index (χ0v) is 21.1. The molecule has 1 heterocycles. The Morgan fingerprint density at radius 2 is 1.89 bits per heavy atom. The average molecular weight is 501 g/mol. The maximum atomic E-state index is 14.6. The van der Waals surface area contributed by atoms with Gasteiger partial charge in [-0.05, 0) is 42.1 Å². The molecule has 0 fully saturated rings. The van der Waals surface area contributed by atoms with Crippen molar-refractivity contribution >= 4 is 6.09 Å². The number of rotatable bonds is 11. The van der Waals surface area contributed by atoms with Gasteiger partial charge < -0.3 is 25.0 Å². The summed E-state index contributed by atoms with van der Waals surface area (Å²) in [7, 11) is 1.52. The first-order valence-corrected chi connectivity index (χ1v) is 11.9. The summed E-state index contributed by atoms with van der Waals surface area (Å²) in [6.45, 7) is 7.43. The minimum atomic E-state index is -1.11. The van der Waals surface area contributed by atoms with Crippen LogP contribution < -0.4 is 10.6 Å². The molecule has 1 unspecified atom stereocenters. The van der Waals surface area contributed by atoms with Crippen LogP contribution in [0.2, 0.25) is 0 Å². The second-order valence-corrected chi connectivity index (χ2v) is 9.87. The molecule has 0 aliphatic carbocycles. The number of hydrogen-bond donors (Lipinski definition) is 3. The molecule has 0 saturated heterocycles. The van der Waals surface area contributed by atoms with Gasteiger partial charge in [0.05, 0.1) is 24.4 Å². The van der Waals surface area contributed by atoms with E-state index in [4.69, 9.17) is 14.8 Å². The third-order valence-corrected chi connectivity index (χ3v) is 5.87. The summed E-state index contributed by atoms with van der Waals surface area (Å²) < 4.78 is 35.7. The number of nitrogens with one attached hydrogen (secondary N) is 2. The fraction of sp³-hybridized carbons (Fsp3) is 0.407. The van der Waals surface area contributed by atoms with E-state index in [1.54, 1.807) is 6.20 Å². The van der Waals surface area contributed by atoms with Gasteiger partial charge in [0.2, 0.25) is 0 Å². The van der Waals surface area contributed by atoms with Crippen LogP contribution in [0.1, 0.15) is 44.6 Å². The third-order valence-electron chi connectivity index (χ3n) is 5.87. The number of nitrogens with zero attached hydrogens (tertiary/aromatic N) is 2. The number of benzene rings is 2. The van der Waals surface area contributed by atoms with E-state index >= 15 is 0 Å². The molecule has 0 aliphatic rings. The highest BCUT2D eigenvalue weighted by Gasteiger charge is 2.31. The van der Waals surface area contributed by atoms with Crippen molar-refractivity contribution in [1.82, 2.24) is 20.2 Å². The second-order valence-electron chi connectivity index (χ2n) is 9.87. The molecule has 3 N–H and O–H groups in total. The monoisotopic (exact) mass is 500 g/mol. The lowest BCUT2D eigenvalue weighted by Crippen LogP contribution is -2.41. The minimum Gasteiger partial charge on any atom is -0.465 e. The molecule has 9 heteroatoms. The summed E-state index contributed by atoms with van der Waals surface area (Å²) in [5.74, 6) is -0.402. The molecule has 0 aliphatic heterocycles. The van der Waals surface area contributed by atoms with Crippen molar-refractivity contribution in [1.29, 1.82) is 0 Å². The number of ether oxygens (including phenoxy) is 1. The van der Waals surface area contributed by atoms with Crippen molar-refractivity contribution in [2.24, 2.45) is 5.41 Å². The predicted octanol–water partition coefficient (Wildman–Crippen LogP) is 5.23. The lowest BCUT2D eigenvalue weighted by molar-refractivity contribution is 0.146. The Hall–Kier alpha value is -3.30. The Labute approximate surface area is 210 Å². The van der Waals surface area contributed by atoms with Gasteiger partial charge in [-0.15, -0.1) is 0 Å². The fourth-order valence-electron chi connectivity index (χ4n) is 4.15. The number of methoxy groups -OCH3 is 1. The van der Waals surface area contributed by atoms with E-state index in [-0.39, 0.29) is 29.7 Å². The zero-order valence-electron chi connectivity index (χ0n) is 21.1. The summed E-state index contributed by atoms with van der Waals surface area (Å²) >= 11 is 0.